The zero-order valence-electron chi connectivity index (χ0n) is 14.2. The average molecular weight is 276 g/mol. The summed E-state index contributed by atoms with van der Waals surface area (Å²) in [4.78, 5) is 2.57. The molecule has 0 aliphatic heterocycles. The molecule has 0 radical (unpaired) electrons. The first kappa shape index (κ1) is 17.2. The van der Waals surface area contributed by atoms with Crippen molar-refractivity contribution in [3.05, 3.63) is 34.9 Å². The van der Waals surface area contributed by atoms with Crippen LogP contribution in [-0.2, 0) is 0 Å². The highest BCUT2D eigenvalue weighted by Gasteiger charge is 2.24. The van der Waals surface area contributed by atoms with E-state index in [2.05, 4.69) is 64.6 Å². The largest absolute Gasteiger partial charge is 0.330 e. The second-order valence-corrected chi connectivity index (χ2v) is 6.87. The van der Waals surface area contributed by atoms with Crippen molar-refractivity contribution in [3.63, 3.8) is 0 Å². The van der Waals surface area contributed by atoms with Crippen molar-refractivity contribution in [2.75, 3.05) is 19.6 Å². The van der Waals surface area contributed by atoms with Crippen molar-refractivity contribution < 1.29 is 0 Å². The van der Waals surface area contributed by atoms with Crippen LogP contribution in [0.1, 0.15) is 56.8 Å². The molecule has 0 bridgehead atoms. The quantitative estimate of drug-likeness (QED) is 0.813. The lowest BCUT2D eigenvalue weighted by atomic mass is 9.91. The molecule has 0 heterocycles. The van der Waals surface area contributed by atoms with Crippen LogP contribution in [0.2, 0.25) is 0 Å². The number of nitrogens with zero attached hydrogens (tertiary/aromatic N) is 1. The Kier molecular flexibility index (Phi) is 6.22. The molecule has 0 aliphatic carbocycles. The molecule has 1 rings (SSSR count). The van der Waals surface area contributed by atoms with E-state index in [0.29, 0.717) is 6.04 Å². The third-order valence-electron chi connectivity index (χ3n) is 4.12. The molecule has 2 heteroatoms. The summed E-state index contributed by atoms with van der Waals surface area (Å²) in [5.74, 6) is 0. The fourth-order valence-corrected chi connectivity index (χ4v) is 2.80. The SMILES string of the molecule is CCCN(CC(C)(C)CN)C(C)c1ccc(C)cc1C. The Morgan fingerprint density at radius 3 is 2.40 bits per heavy atom. The Hall–Kier alpha value is -0.860. The van der Waals surface area contributed by atoms with Gasteiger partial charge in [0.2, 0.25) is 0 Å². The van der Waals surface area contributed by atoms with E-state index in [4.69, 9.17) is 5.73 Å². The van der Waals surface area contributed by atoms with E-state index in [1.807, 2.05) is 0 Å². The summed E-state index contributed by atoms with van der Waals surface area (Å²) in [5.41, 5.74) is 10.3. The zero-order chi connectivity index (χ0) is 15.3. The van der Waals surface area contributed by atoms with Gasteiger partial charge >= 0.3 is 0 Å². The van der Waals surface area contributed by atoms with Gasteiger partial charge in [0.25, 0.3) is 0 Å². The number of hydrogen-bond acceptors (Lipinski definition) is 2. The lowest BCUT2D eigenvalue weighted by molar-refractivity contribution is 0.140. The van der Waals surface area contributed by atoms with E-state index in [-0.39, 0.29) is 5.41 Å². The number of rotatable bonds is 7. The van der Waals surface area contributed by atoms with Crippen molar-refractivity contribution in [2.24, 2.45) is 11.1 Å². The predicted octanol–water partition coefficient (Wildman–Crippen LogP) is 4.06. The summed E-state index contributed by atoms with van der Waals surface area (Å²) in [6, 6.07) is 7.23. The van der Waals surface area contributed by atoms with E-state index in [1.54, 1.807) is 0 Å². The van der Waals surface area contributed by atoms with E-state index in [9.17, 15) is 0 Å². The monoisotopic (exact) mass is 276 g/mol. The molecule has 0 aromatic heterocycles. The summed E-state index contributed by atoms with van der Waals surface area (Å²) >= 11 is 0. The zero-order valence-corrected chi connectivity index (χ0v) is 14.2. The van der Waals surface area contributed by atoms with Crippen LogP contribution in [0.4, 0.5) is 0 Å². The van der Waals surface area contributed by atoms with Gasteiger partial charge in [0, 0.05) is 12.6 Å². The molecular formula is C18H32N2. The molecule has 1 unspecified atom stereocenters. The van der Waals surface area contributed by atoms with Gasteiger partial charge in [0.1, 0.15) is 0 Å². The van der Waals surface area contributed by atoms with Gasteiger partial charge in [-0.3, -0.25) is 4.90 Å². The molecule has 0 saturated heterocycles. The van der Waals surface area contributed by atoms with Crippen LogP contribution in [0.5, 0.6) is 0 Å². The van der Waals surface area contributed by atoms with Crippen molar-refractivity contribution in [2.45, 2.75) is 54.0 Å². The molecule has 1 aromatic rings. The molecule has 0 aliphatic rings. The molecule has 0 fully saturated rings. The van der Waals surface area contributed by atoms with Crippen LogP contribution in [0.15, 0.2) is 18.2 Å². The third-order valence-corrected chi connectivity index (χ3v) is 4.12. The van der Waals surface area contributed by atoms with Crippen molar-refractivity contribution in [1.29, 1.82) is 0 Å². The lowest BCUT2D eigenvalue weighted by Gasteiger charge is -2.36. The average Bonchev–Trinajstić information content (AvgIpc) is 2.37. The third kappa shape index (κ3) is 4.60. The molecule has 114 valence electrons. The molecule has 0 spiro atoms. The number of aryl methyl sites for hydroxylation is 2. The smallest absolute Gasteiger partial charge is 0.0322 e. The number of benzene rings is 1. The second-order valence-electron chi connectivity index (χ2n) is 6.87. The van der Waals surface area contributed by atoms with E-state index < -0.39 is 0 Å². The molecule has 1 aromatic carbocycles. The van der Waals surface area contributed by atoms with Crippen molar-refractivity contribution in [1.82, 2.24) is 4.90 Å². The van der Waals surface area contributed by atoms with Crippen molar-refractivity contribution >= 4 is 0 Å². The molecule has 2 nitrogen and oxygen atoms in total. The van der Waals surface area contributed by atoms with Gasteiger partial charge < -0.3 is 5.73 Å². The van der Waals surface area contributed by atoms with Crippen LogP contribution in [0.25, 0.3) is 0 Å². The highest BCUT2D eigenvalue weighted by atomic mass is 15.2. The Balaban J connectivity index is 2.95. The predicted molar refractivity (Wildman–Crippen MR) is 89.0 cm³/mol. The maximum atomic E-state index is 5.91. The Bertz CT molecular complexity index is 423. The first-order chi connectivity index (χ1) is 9.30. The molecule has 0 amide bonds. The Morgan fingerprint density at radius 1 is 1.25 bits per heavy atom. The molecule has 20 heavy (non-hydrogen) atoms. The standard InChI is InChI=1S/C18H32N2/c1-7-10-20(13-18(5,6)12-19)16(4)17-9-8-14(2)11-15(17)3/h8-9,11,16H,7,10,12-13,19H2,1-6H3. The highest BCUT2D eigenvalue weighted by molar-refractivity contribution is 5.32. The lowest BCUT2D eigenvalue weighted by Crippen LogP contribution is -2.40. The summed E-state index contributed by atoms with van der Waals surface area (Å²) in [7, 11) is 0. The summed E-state index contributed by atoms with van der Waals surface area (Å²) in [5, 5.41) is 0. The Labute approximate surface area is 125 Å². The van der Waals surface area contributed by atoms with Crippen LogP contribution in [-0.4, -0.2) is 24.5 Å². The summed E-state index contributed by atoms with van der Waals surface area (Å²) < 4.78 is 0. The molecule has 0 saturated carbocycles. The summed E-state index contributed by atoms with van der Waals surface area (Å²) in [6.07, 6.45) is 1.18. The van der Waals surface area contributed by atoms with Gasteiger partial charge in [-0.1, -0.05) is 44.5 Å². The van der Waals surface area contributed by atoms with Gasteiger partial charge in [-0.2, -0.15) is 0 Å². The minimum Gasteiger partial charge on any atom is -0.330 e. The van der Waals surface area contributed by atoms with E-state index >= 15 is 0 Å². The fourth-order valence-electron chi connectivity index (χ4n) is 2.80. The van der Waals surface area contributed by atoms with Gasteiger partial charge in [-0.05, 0) is 56.8 Å². The van der Waals surface area contributed by atoms with Gasteiger partial charge in [0.15, 0.2) is 0 Å². The maximum absolute atomic E-state index is 5.91. The van der Waals surface area contributed by atoms with Crippen LogP contribution >= 0.6 is 0 Å². The highest BCUT2D eigenvalue weighted by Crippen LogP contribution is 2.27. The first-order valence-corrected chi connectivity index (χ1v) is 7.82. The minimum atomic E-state index is 0.169. The molecule has 1 atom stereocenters. The number of hydrogen-bond donors (Lipinski definition) is 1. The normalized spacial score (nSPS) is 13.8. The first-order valence-electron chi connectivity index (χ1n) is 7.82. The topological polar surface area (TPSA) is 29.3 Å². The van der Waals surface area contributed by atoms with Crippen LogP contribution < -0.4 is 5.73 Å². The van der Waals surface area contributed by atoms with Crippen molar-refractivity contribution in [3.8, 4) is 0 Å². The molecule has 2 N–H and O–H groups in total. The second kappa shape index (κ2) is 7.24. The van der Waals surface area contributed by atoms with E-state index in [1.165, 1.54) is 23.1 Å². The maximum Gasteiger partial charge on any atom is 0.0322 e. The van der Waals surface area contributed by atoms with Gasteiger partial charge in [0.05, 0.1) is 0 Å². The van der Waals surface area contributed by atoms with E-state index in [0.717, 1.165) is 19.6 Å². The Morgan fingerprint density at radius 2 is 1.90 bits per heavy atom. The fraction of sp³-hybridized carbons (Fsp3) is 0.667. The number of nitrogens with two attached hydrogens (primary N) is 1. The molecular weight excluding hydrogens is 244 g/mol. The van der Waals surface area contributed by atoms with Gasteiger partial charge in [-0.15, -0.1) is 0 Å². The minimum absolute atomic E-state index is 0.169. The summed E-state index contributed by atoms with van der Waals surface area (Å²) in [6.45, 7) is 16.3. The van der Waals surface area contributed by atoms with Crippen LogP contribution in [0.3, 0.4) is 0 Å². The van der Waals surface area contributed by atoms with Crippen LogP contribution in [0, 0.1) is 19.3 Å². The van der Waals surface area contributed by atoms with Gasteiger partial charge in [-0.25, -0.2) is 0 Å².